The summed E-state index contributed by atoms with van der Waals surface area (Å²) in [5.74, 6) is 0.197. The number of benzene rings is 2. The summed E-state index contributed by atoms with van der Waals surface area (Å²) in [5, 5.41) is 4.01. The van der Waals surface area contributed by atoms with Crippen LogP contribution in [0.15, 0.2) is 53.1 Å². The normalized spacial score (nSPS) is 16.2. The van der Waals surface area contributed by atoms with Crippen LogP contribution in [0.5, 0.6) is 11.5 Å². The third kappa shape index (κ3) is 5.36. The molecule has 9 heteroatoms. The molecule has 0 bridgehead atoms. The average Bonchev–Trinajstić information content (AvgIpc) is 3.27. The van der Waals surface area contributed by atoms with Gasteiger partial charge in [0.05, 0.1) is 0 Å². The van der Waals surface area contributed by atoms with E-state index in [0.29, 0.717) is 24.7 Å². The maximum atomic E-state index is 13.6. The Kier molecular flexibility index (Phi) is 6.40. The number of nitrogens with zero attached hydrogens (tertiary/aromatic N) is 3. The van der Waals surface area contributed by atoms with Gasteiger partial charge in [0.15, 0.2) is 30.6 Å². The molecule has 0 radical (unpaired) electrons. The number of ether oxygens (including phenoxy) is 2. The molecule has 2 aromatic carbocycles. The second-order valence-corrected chi connectivity index (χ2v) is 7.19. The lowest BCUT2D eigenvalue weighted by Crippen LogP contribution is -2.41. The molecule has 1 aliphatic heterocycles. The number of piperidine rings is 1. The van der Waals surface area contributed by atoms with Crippen molar-refractivity contribution in [2.24, 2.45) is 0 Å². The first-order chi connectivity index (χ1) is 15.1. The summed E-state index contributed by atoms with van der Waals surface area (Å²) >= 11 is 0. The van der Waals surface area contributed by atoms with Gasteiger partial charge in [0.25, 0.3) is 11.8 Å². The number of rotatable bonds is 7. The summed E-state index contributed by atoms with van der Waals surface area (Å²) in [7, 11) is 0. The van der Waals surface area contributed by atoms with Crippen LogP contribution in [0.2, 0.25) is 0 Å². The molecule has 162 valence electrons. The van der Waals surface area contributed by atoms with Gasteiger partial charge in [-0.25, -0.2) is 8.78 Å². The Labute approximate surface area is 177 Å². The maximum Gasteiger partial charge on any atom is 0.264 e. The molecule has 31 heavy (non-hydrogen) atoms. The van der Waals surface area contributed by atoms with E-state index in [2.05, 4.69) is 10.1 Å². The molecule has 7 nitrogen and oxygen atoms in total. The first-order valence-electron chi connectivity index (χ1n) is 9.94. The largest absolute Gasteiger partial charge is 0.484 e. The molecule has 1 atom stereocenters. The monoisotopic (exact) mass is 429 g/mol. The number of likely N-dealkylation sites (tertiary alicyclic amines) is 1. The Hall–Kier alpha value is -3.49. The maximum absolute atomic E-state index is 13.6. The van der Waals surface area contributed by atoms with Crippen LogP contribution in [0.1, 0.15) is 30.5 Å². The van der Waals surface area contributed by atoms with E-state index < -0.39 is 5.82 Å². The third-order valence-electron chi connectivity index (χ3n) is 4.99. The molecular weight excluding hydrogens is 408 g/mol. The van der Waals surface area contributed by atoms with Crippen LogP contribution in [0, 0.1) is 11.6 Å². The van der Waals surface area contributed by atoms with Crippen molar-refractivity contribution >= 4 is 5.91 Å². The summed E-state index contributed by atoms with van der Waals surface area (Å²) in [4.78, 5) is 18.6. The van der Waals surface area contributed by atoms with E-state index in [1.165, 1.54) is 36.4 Å². The first-order valence-corrected chi connectivity index (χ1v) is 9.94. The molecular formula is C22H21F2N3O4. The van der Waals surface area contributed by atoms with E-state index in [1.54, 1.807) is 17.0 Å². The third-order valence-corrected chi connectivity index (χ3v) is 4.99. The molecule has 1 fully saturated rings. The molecule has 0 N–H and O–H groups in total. The fourth-order valence-electron chi connectivity index (χ4n) is 3.38. The van der Waals surface area contributed by atoms with Gasteiger partial charge < -0.3 is 18.9 Å². The molecule has 4 rings (SSSR count). The number of carbonyl (C=O) groups is 1. The van der Waals surface area contributed by atoms with Crippen LogP contribution in [0.3, 0.4) is 0 Å². The number of hydrogen-bond donors (Lipinski definition) is 0. The van der Waals surface area contributed by atoms with Gasteiger partial charge >= 0.3 is 0 Å². The summed E-state index contributed by atoms with van der Waals surface area (Å²) in [6.45, 7) is 0.878. The lowest BCUT2D eigenvalue weighted by Gasteiger charge is -2.31. The molecule has 0 spiro atoms. The van der Waals surface area contributed by atoms with Gasteiger partial charge in [0.1, 0.15) is 11.6 Å². The molecule has 1 aromatic heterocycles. The van der Waals surface area contributed by atoms with Crippen LogP contribution < -0.4 is 9.47 Å². The minimum atomic E-state index is -0.466. The Balaban J connectivity index is 1.30. The van der Waals surface area contributed by atoms with Crippen molar-refractivity contribution in [2.45, 2.75) is 25.4 Å². The van der Waals surface area contributed by atoms with Crippen molar-refractivity contribution in [2.75, 3.05) is 19.7 Å². The minimum Gasteiger partial charge on any atom is -0.484 e. The molecule has 1 saturated heterocycles. The number of hydrogen-bond acceptors (Lipinski definition) is 6. The Morgan fingerprint density at radius 3 is 2.74 bits per heavy atom. The van der Waals surface area contributed by atoms with Crippen molar-refractivity contribution in [3.63, 3.8) is 0 Å². The highest BCUT2D eigenvalue weighted by molar-refractivity contribution is 5.78. The van der Waals surface area contributed by atoms with Crippen molar-refractivity contribution in [1.82, 2.24) is 15.0 Å². The standard InChI is InChI=1S/C22H21F2N3O4/c23-16-7-9-17(10-8-16)29-14-21(28)27-11-3-4-15(12-27)22-25-20(31-26-22)13-30-19-6-2-1-5-18(19)24/h1-2,5-10,15H,3-4,11-14H2. The lowest BCUT2D eigenvalue weighted by atomic mass is 9.97. The van der Waals surface area contributed by atoms with E-state index >= 15 is 0 Å². The minimum absolute atomic E-state index is 0.0468. The van der Waals surface area contributed by atoms with E-state index in [1.807, 2.05) is 0 Å². The average molecular weight is 429 g/mol. The number of halogens is 2. The predicted molar refractivity (Wildman–Crippen MR) is 105 cm³/mol. The zero-order valence-corrected chi connectivity index (χ0v) is 16.7. The Morgan fingerprint density at radius 1 is 1.13 bits per heavy atom. The summed E-state index contributed by atoms with van der Waals surface area (Å²) in [5.41, 5.74) is 0. The van der Waals surface area contributed by atoms with Crippen molar-refractivity contribution in [1.29, 1.82) is 0 Å². The van der Waals surface area contributed by atoms with Crippen molar-refractivity contribution < 1.29 is 27.6 Å². The molecule has 0 saturated carbocycles. The van der Waals surface area contributed by atoms with Crippen LogP contribution in [0.25, 0.3) is 0 Å². The van der Waals surface area contributed by atoms with E-state index in [-0.39, 0.29) is 42.5 Å². The van der Waals surface area contributed by atoms with Gasteiger partial charge in [-0.1, -0.05) is 17.3 Å². The second kappa shape index (κ2) is 9.55. The zero-order valence-electron chi connectivity index (χ0n) is 16.7. The molecule has 3 aromatic rings. The molecule has 0 aliphatic carbocycles. The van der Waals surface area contributed by atoms with Crippen LogP contribution in [-0.2, 0) is 11.4 Å². The van der Waals surface area contributed by atoms with Crippen LogP contribution in [-0.4, -0.2) is 40.6 Å². The van der Waals surface area contributed by atoms with Gasteiger partial charge in [0, 0.05) is 19.0 Å². The van der Waals surface area contributed by atoms with E-state index in [0.717, 1.165) is 12.8 Å². The van der Waals surface area contributed by atoms with Gasteiger partial charge in [-0.15, -0.1) is 0 Å². The fourth-order valence-corrected chi connectivity index (χ4v) is 3.38. The smallest absolute Gasteiger partial charge is 0.264 e. The van der Waals surface area contributed by atoms with Crippen molar-refractivity contribution in [3.05, 3.63) is 71.9 Å². The second-order valence-electron chi connectivity index (χ2n) is 7.19. The van der Waals surface area contributed by atoms with E-state index in [9.17, 15) is 13.6 Å². The molecule has 1 aliphatic rings. The molecule has 1 amide bonds. The summed E-state index contributed by atoms with van der Waals surface area (Å²) in [6.07, 6.45) is 1.61. The number of amides is 1. The number of aromatic nitrogens is 2. The highest BCUT2D eigenvalue weighted by Gasteiger charge is 2.28. The van der Waals surface area contributed by atoms with Gasteiger partial charge in [-0.2, -0.15) is 4.98 Å². The van der Waals surface area contributed by atoms with Crippen LogP contribution >= 0.6 is 0 Å². The molecule has 2 heterocycles. The van der Waals surface area contributed by atoms with E-state index in [4.69, 9.17) is 14.0 Å². The first kappa shape index (κ1) is 20.8. The fraction of sp³-hybridized carbons (Fsp3) is 0.318. The SMILES string of the molecule is O=C(COc1ccc(F)cc1)N1CCCC(c2noc(COc3ccccc3F)n2)C1. The van der Waals surface area contributed by atoms with Gasteiger partial charge in [-0.3, -0.25) is 4.79 Å². The zero-order chi connectivity index (χ0) is 21.6. The lowest BCUT2D eigenvalue weighted by molar-refractivity contribution is -0.134. The predicted octanol–water partition coefficient (Wildman–Crippen LogP) is 3.71. The topological polar surface area (TPSA) is 77.7 Å². The summed E-state index contributed by atoms with van der Waals surface area (Å²) < 4.78 is 42.7. The van der Waals surface area contributed by atoms with Gasteiger partial charge in [0.2, 0.25) is 0 Å². The van der Waals surface area contributed by atoms with Crippen molar-refractivity contribution in [3.8, 4) is 11.5 Å². The number of carbonyl (C=O) groups excluding carboxylic acids is 1. The van der Waals surface area contributed by atoms with Gasteiger partial charge in [-0.05, 0) is 49.2 Å². The number of para-hydroxylation sites is 1. The Bertz CT molecular complexity index is 1030. The highest BCUT2D eigenvalue weighted by Crippen LogP contribution is 2.25. The summed E-state index contributed by atoms with van der Waals surface area (Å²) in [6, 6.07) is 11.6. The van der Waals surface area contributed by atoms with Crippen LogP contribution in [0.4, 0.5) is 8.78 Å². The quantitative estimate of drug-likeness (QED) is 0.570. The Morgan fingerprint density at radius 2 is 1.94 bits per heavy atom. The molecule has 1 unspecified atom stereocenters. The highest BCUT2D eigenvalue weighted by atomic mass is 19.1.